The minimum atomic E-state index is -0.513. The minimum Gasteiger partial charge on any atom is -0.491 e. The summed E-state index contributed by atoms with van der Waals surface area (Å²) in [6.07, 6.45) is 4.31. The number of carbonyl (C=O) groups is 2. The number of rotatable bonds is 13. The third-order valence-electron chi connectivity index (χ3n) is 5.50. The van der Waals surface area contributed by atoms with Gasteiger partial charge in [0.25, 0.3) is 0 Å². The molecule has 0 saturated heterocycles. The lowest BCUT2D eigenvalue weighted by atomic mass is 9.93. The maximum Gasteiger partial charge on any atom is 0.407 e. The van der Waals surface area contributed by atoms with Crippen molar-refractivity contribution in [2.24, 2.45) is 0 Å². The first-order valence-electron chi connectivity index (χ1n) is 12.5. The third kappa shape index (κ3) is 9.78. The average molecular weight is 629 g/mol. The van der Waals surface area contributed by atoms with Crippen LogP contribution in [-0.4, -0.2) is 71.4 Å². The summed E-state index contributed by atoms with van der Waals surface area (Å²) in [5.74, 6) is 0.807. The van der Waals surface area contributed by atoms with Crippen LogP contribution in [0.4, 0.5) is 4.79 Å². The monoisotopic (exact) mass is 628 g/mol. The highest BCUT2D eigenvalue weighted by molar-refractivity contribution is 14.1. The molecule has 37 heavy (non-hydrogen) atoms. The highest BCUT2D eigenvalue weighted by Gasteiger charge is 2.25. The van der Waals surface area contributed by atoms with E-state index in [2.05, 4.69) is 38.3 Å². The lowest BCUT2D eigenvalue weighted by molar-refractivity contribution is -0.119. The Balaban J connectivity index is 1.31. The Morgan fingerprint density at radius 3 is 2.49 bits per heavy atom. The van der Waals surface area contributed by atoms with Crippen LogP contribution >= 0.6 is 22.6 Å². The van der Waals surface area contributed by atoms with Gasteiger partial charge in [0, 0.05) is 17.8 Å². The zero-order valence-electron chi connectivity index (χ0n) is 21.8. The van der Waals surface area contributed by atoms with E-state index in [9.17, 15) is 9.59 Å². The van der Waals surface area contributed by atoms with E-state index in [1.807, 2.05) is 55.9 Å². The number of alkyl halides is 1. The van der Waals surface area contributed by atoms with Gasteiger partial charge in [-0.1, -0.05) is 22.6 Å². The van der Waals surface area contributed by atoms with Crippen molar-refractivity contribution in [3.63, 3.8) is 0 Å². The highest BCUT2D eigenvalue weighted by Crippen LogP contribution is 2.31. The van der Waals surface area contributed by atoms with E-state index in [4.69, 9.17) is 18.9 Å². The molecule has 1 heterocycles. The molecule has 0 aliphatic heterocycles. The standard InChI is InChI=1S/C26H37IN4O6/c1-26(2,3)37-25(33)28-11-12-34-13-14-35-15-16-36-20-9-7-19(8-10-20)31-23-6-4-5-22(21(23)18-29-31)30-24(32)17-27/h7-10,18,22H,4-6,11-17H2,1-3H3,(H,28,33)(H,30,32). The number of hydrogen-bond donors (Lipinski definition) is 2. The van der Waals surface area contributed by atoms with Crippen molar-refractivity contribution in [3.8, 4) is 11.4 Å². The Kier molecular flexibility index (Phi) is 11.5. The van der Waals surface area contributed by atoms with Crippen LogP contribution in [0, 0.1) is 0 Å². The summed E-state index contributed by atoms with van der Waals surface area (Å²) >= 11 is 2.08. The number of hydrogen-bond acceptors (Lipinski definition) is 7. The predicted molar refractivity (Wildman–Crippen MR) is 148 cm³/mol. The third-order valence-corrected chi connectivity index (χ3v) is 6.20. The van der Waals surface area contributed by atoms with Gasteiger partial charge in [0.15, 0.2) is 0 Å². The van der Waals surface area contributed by atoms with E-state index in [-0.39, 0.29) is 11.9 Å². The molecule has 0 fully saturated rings. The lowest BCUT2D eigenvalue weighted by Gasteiger charge is -2.24. The summed E-state index contributed by atoms with van der Waals surface area (Å²) in [7, 11) is 0. The first-order chi connectivity index (χ1) is 17.8. The largest absolute Gasteiger partial charge is 0.491 e. The fourth-order valence-electron chi connectivity index (χ4n) is 3.93. The molecule has 1 aromatic heterocycles. The molecule has 1 atom stereocenters. The van der Waals surface area contributed by atoms with Gasteiger partial charge in [0.05, 0.1) is 48.8 Å². The van der Waals surface area contributed by atoms with Crippen molar-refractivity contribution in [1.82, 2.24) is 20.4 Å². The summed E-state index contributed by atoms with van der Waals surface area (Å²) in [5.41, 5.74) is 2.70. The molecule has 0 radical (unpaired) electrons. The van der Waals surface area contributed by atoms with Gasteiger partial charge in [-0.15, -0.1) is 0 Å². The maximum absolute atomic E-state index is 11.9. The number of ether oxygens (including phenoxy) is 4. The minimum absolute atomic E-state index is 0.0293. The molecular weight excluding hydrogens is 591 g/mol. The molecule has 0 bridgehead atoms. The topological polar surface area (TPSA) is 113 Å². The van der Waals surface area contributed by atoms with Gasteiger partial charge in [-0.3, -0.25) is 4.79 Å². The van der Waals surface area contributed by atoms with Gasteiger partial charge >= 0.3 is 6.09 Å². The van der Waals surface area contributed by atoms with Crippen molar-refractivity contribution >= 4 is 34.6 Å². The Labute approximate surface area is 231 Å². The summed E-state index contributed by atoms with van der Waals surface area (Å²) in [4.78, 5) is 23.4. The van der Waals surface area contributed by atoms with Gasteiger partial charge in [0.2, 0.25) is 5.91 Å². The van der Waals surface area contributed by atoms with E-state index < -0.39 is 11.7 Å². The molecule has 11 heteroatoms. The SMILES string of the molecule is CC(C)(C)OC(=O)NCCOCCOCCOc1ccc(-n2ncc3c2CCCC3NC(=O)CI)cc1. The average Bonchev–Trinajstić information content (AvgIpc) is 3.29. The number of amides is 2. The summed E-state index contributed by atoms with van der Waals surface area (Å²) in [5, 5.41) is 10.3. The van der Waals surface area contributed by atoms with E-state index in [1.165, 1.54) is 0 Å². The Hall–Kier alpha value is -2.38. The molecule has 2 N–H and O–H groups in total. The van der Waals surface area contributed by atoms with Crippen LogP contribution in [0.2, 0.25) is 0 Å². The van der Waals surface area contributed by atoms with E-state index in [1.54, 1.807) is 0 Å². The second-order valence-corrected chi connectivity index (χ2v) is 10.4. The normalized spacial score (nSPS) is 15.1. The fraction of sp³-hybridized carbons (Fsp3) is 0.577. The molecule has 10 nitrogen and oxygen atoms in total. The molecule has 2 aromatic rings. The van der Waals surface area contributed by atoms with E-state index >= 15 is 0 Å². The van der Waals surface area contributed by atoms with Crippen molar-refractivity contribution in [3.05, 3.63) is 41.7 Å². The van der Waals surface area contributed by atoms with Crippen LogP contribution in [0.1, 0.15) is 50.9 Å². The number of benzene rings is 1. The number of alkyl carbamates (subject to hydrolysis) is 1. The number of fused-ring (bicyclic) bond motifs is 1. The molecule has 0 saturated carbocycles. The zero-order chi connectivity index (χ0) is 26.7. The number of aromatic nitrogens is 2. The number of halogens is 1. The first-order valence-corrected chi connectivity index (χ1v) is 14.1. The molecule has 0 spiro atoms. The Morgan fingerprint density at radius 1 is 1.08 bits per heavy atom. The molecule has 2 amide bonds. The number of carbonyl (C=O) groups excluding carboxylic acids is 2. The predicted octanol–water partition coefficient (Wildman–Crippen LogP) is 3.74. The second-order valence-electron chi connectivity index (χ2n) is 9.60. The molecule has 3 rings (SSSR count). The molecule has 1 aromatic carbocycles. The highest BCUT2D eigenvalue weighted by atomic mass is 127. The van der Waals surface area contributed by atoms with E-state index in [0.29, 0.717) is 44.0 Å². The quantitative estimate of drug-likeness (QED) is 0.198. The van der Waals surface area contributed by atoms with Gasteiger partial charge in [-0.2, -0.15) is 5.10 Å². The van der Waals surface area contributed by atoms with Crippen molar-refractivity contribution < 1.29 is 28.5 Å². The van der Waals surface area contributed by atoms with Gasteiger partial charge in [-0.05, 0) is 64.3 Å². The lowest BCUT2D eigenvalue weighted by Crippen LogP contribution is -2.34. The summed E-state index contributed by atoms with van der Waals surface area (Å²) in [6, 6.07) is 7.83. The second kappa shape index (κ2) is 14.5. The zero-order valence-corrected chi connectivity index (χ0v) is 23.9. The van der Waals surface area contributed by atoms with Crippen molar-refractivity contribution in [1.29, 1.82) is 0 Å². The van der Waals surface area contributed by atoms with Crippen LogP contribution in [0.25, 0.3) is 5.69 Å². The summed E-state index contributed by atoms with van der Waals surface area (Å²) < 4.78 is 24.3. The molecule has 204 valence electrons. The summed E-state index contributed by atoms with van der Waals surface area (Å²) in [6.45, 7) is 7.97. The van der Waals surface area contributed by atoms with Gasteiger partial charge < -0.3 is 29.6 Å². The van der Waals surface area contributed by atoms with E-state index in [0.717, 1.165) is 42.0 Å². The molecule has 1 aliphatic carbocycles. The van der Waals surface area contributed by atoms with Crippen LogP contribution in [-0.2, 0) is 25.4 Å². The van der Waals surface area contributed by atoms with Crippen LogP contribution < -0.4 is 15.4 Å². The Bertz CT molecular complexity index is 1010. The first kappa shape index (κ1) is 29.2. The Morgan fingerprint density at radius 2 is 1.78 bits per heavy atom. The molecule has 1 unspecified atom stereocenters. The number of nitrogens with zero attached hydrogens (tertiary/aromatic N) is 2. The van der Waals surface area contributed by atoms with Crippen LogP contribution in [0.15, 0.2) is 30.5 Å². The van der Waals surface area contributed by atoms with Crippen LogP contribution in [0.3, 0.4) is 0 Å². The molecule has 1 aliphatic rings. The van der Waals surface area contributed by atoms with Gasteiger partial charge in [0.1, 0.15) is 18.0 Å². The van der Waals surface area contributed by atoms with Crippen LogP contribution in [0.5, 0.6) is 5.75 Å². The maximum atomic E-state index is 11.9. The molecular formula is C26H37IN4O6. The fourth-order valence-corrected chi connectivity index (χ4v) is 4.15. The smallest absolute Gasteiger partial charge is 0.407 e. The van der Waals surface area contributed by atoms with Crippen molar-refractivity contribution in [2.75, 3.05) is 44.0 Å². The number of nitrogens with one attached hydrogen (secondary N) is 2. The van der Waals surface area contributed by atoms with Gasteiger partial charge in [-0.25, -0.2) is 9.48 Å². The van der Waals surface area contributed by atoms with Crippen molar-refractivity contribution in [2.45, 2.75) is 51.7 Å².